The van der Waals surface area contributed by atoms with Crippen LogP contribution < -0.4 is 15.8 Å². The van der Waals surface area contributed by atoms with Gasteiger partial charge in [-0.3, -0.25) is 4.99 Å². The predicted molar refractivity (Wildman–Crippen MR) is 66.6 cm³/mol. The lowest BCUT2D eigenvalue weighted by molar-refractivity contribution is -0.274. The number of hydrogen-bond donors (Lipinski definition) is 2. The van der Waals surface area contributed by atoms with Gasteiger partial charge in [-0.25, -0.2) is 0 Å². The highest BCUT2D eigenvalue weighted by molar-refractivity contribution is 9.10. The quantitative estimate of drug-likeness (QED) is 0.663. The Hall–Kier alpha value is -1.44. The third-order valence-electron chi connectivity index (χ3n) is 1.76. The molecule has 0 heterocycles. The largest absolute Gasteiger partial charge is 0.573 e. The third kappa shape index (κ3) is 4.82. The van der Waals surface area contributed by atoms with Gasteiger partial charge in [0.25, 0.3) is 0 Å². The molecule has 0 aromatic heterocycles. The highest BCUT2D eigenvalue weighted by atomic mass is 79.9. The van der Waals surface area contributed by atoms with E-state index < -0.39 is 6.36 Å². The Kier molecular flexibility index (Phi) is 4.83. The van der Waals surface area contributed by atoms with Gasteiger partial charge in [-0.2, -0.15) is 0 Å². The molecule has 100 valence electrons. The first-order chi connectivity index (χ1) is 8.31. The van der Waals surface area contributed by atoms with E-state index in [9.17, 15) is 13.2 Å². The van der Waals surface area contributed by atoms with E-state index in [1.807, 2.05) is 6.92 Å². The number of anilines is 1. The summed E-state index contributed by atoms with van der Waals surface area (Å²) < 4.78 is 40.1. The molecule has 0 saturated carbocycles. The van der Waals surface area contributed by atoms with Crippen LogP contribution in [0.15, 0.2) is 27.7 Å². The summed E-state index contributed by atoms with van der Waals surface area (Å²) in [6, 6.07) is 4.00. The molecule has 0 unspecified atom stereocenters. The molecule has 3 N–H and O–H groups in total. The van der Waals surface area contributed by atoms with Gasteiger partial charge in [-0.1, -0.05) is 0 Å². The average Bonchev–Trinajstić information content (AvgIpc) is 2.21. The van der Waals surface area contributed by atoms with Crippen molar-refractivity contribution in [3.8, 4) is 5.75 Å². The Bertz CT molecular complexity index is 448. The second-order valence-corrected chi connectivity index (χ2v) is 4.03. The van der Waals surface area contributed by atoms with E-state index in [1.54, 1.807) is 0 Å². The zero-order chi connectivity index (χ0) is 13.8. The van der Waals surface area contributed by atoms with E-state index in [4.69, 9.17) is 5.73 Å². The molecule has 0 aliphatic rings. The average molecular weight is 326 g/mol. The van der Waals surface area contributed by atoms with Crippen LogP contribution in [0.3, 0.4) is 0 Å². The molecule has 0 spiro atoms. The maximum absolute atomic E-state index is 12.0. The van der Waals surface area contributed by atoms with Crippen molar-refractivity contribution in [2.45, 2.75) is 13.3 Å². The summed E-state index contributed by atoms with van der Waals surface area (Å²) in [4.78, 5) is 3.89. The molecule has 0 bridgehead atoms. The Balaban J connectivity index is 2.83. The maximum Gasteiger partial charge on any atom is 0.573 e. The zero-order valence-electron chi connectivity index (χ0n) is 9.38. The molecule has 0 amide bonds. The summed E-state index contributed by atoms with van der Waals surface area (Å²) in [5.74, 6) is -0.132. The highest BCUT2D eigenvalue weighted by Crippen LogP contribution is 2.32. The number of rotatable bonds is 3. The van der Waals surface area contributed by atoms with Gasteiger partial charge in [0.15, 0.2) is 5.96 Å². The van der Waals surface area contributed by atoms with Gasteiger partial charge in [0.05, 0.1) is 4.47 Å². The zero-order valence-corrected chi connectivity index (χ0v) is 11.0. The maximum atomic E-state index is 12.0. The molecular formula is C10H11BrF3N3O. The molecule has 8 heteroatoms. The molecule has 1 aromatic carbocycles. The minimum atomic E-state index is -4.72. The normalized spacial score (nSPS) is 12.4. The molecule has 4 nitrogen and oxygen atoms in total. The Labute approximate surface area is 110 Å². The van der Waals surface area contributed by atoms with Crippen molar-refractivity contribution < 1.29 is 17.9 Å². The lowest BCUT2D eigenvalue weighted by Crippen LogP contribution is -2.22. The second-order valence-electron chi connectivity index (χ2n) is 3.18. The Morgan fingerprint density at radius 2 is 2.17 bits per heavy atom. The van der Waals surface area contributed by atoms with Gasteiger partial charge in [-0.05, 0) is 41.1 Å². The highest BCUT2D eigenvalue weighted by Gasteiger charge is 2.31. The molecule has 18 heavy (non-hydrogen) atoms. The number of ether oxygens (including phenoxy) is 1. The summed E-state index contributed by atoms with van der Waals surface area (Å²) >= 11 is 2.98. The van der Waals surface area contributed by atoms with Crippen molar-refractivity contribution in [3.05, 3.63) is 22.7 Å². The minimum Gasteiger partial charge on any atom is -0.405 e. The fraction of sp³-hybridized carbons (Fsp3) is 0.300. The van der Waals surface area contributed by atoms with Gasteiger partial charge in [-0.15, -0.1) is 13.2 Å². The number of aliphatic imine (C=N–C) groups is 1. The van der Waals surface area contributed by atoms with E-state index in [2.05, 4.69) is 31.0 Å². The Morgan fingerprint density at radius 1 is 1.50 bits per heavy atom. The van der Waals surface area contributed by atoms with Crippen LogP contribution in [0.2, 0.25) is 0 Å². The standard InChI is InChI=1S/C10H11BrF3N3O/c1-2-16-9(15)17-6-3-4-8(7(11)5-6)18-10(12,13)14/h3-5H,2H2,1H3,(H3,15,16,17). The molecular weight excluding hydrogens is 315 g/mol. The monoisotopic (exact) mass is 325 g/mol. The van der Waals surface area contributed by atoms with Crippen LogP contribution in [0.4, 0.5) is 18.9 Å². The van der Waals surface area contributed by atoms with Gasteiger partial charge in [0, 0.05) is 12.2 Å². The first kappa shape index (κ1) is 14.6. The van der Waals surface area contributed by atoms with E-state index in [-0.39, 0.29) is 16.2 Å². The molecule has 0 aliphatic carbocycles. The van der Waals surface area contributed by atoms with Crippen LogP contribution in [0.5, 0.6) is 5.75 Å². The number of benzene rings is 1. The summed E-state index contributed by atoms with van der Waals surface area (Å²) in [6.45, 7) is 2.32. The van der Waals surface area contributed by atoms with Gasteiger partial charge in [0.1, 0.15) is 5.75 Å². The van der Waals surface area contributed by atoms with Crippen LogP contribution in [0.25, 0.3) is 0 Å². The van der Waals surface area contributed by atoms with Crippen LogP contribution >= 0.6 is 15.9 Å². The van der Waals surface area contributed by atoms with Crippen LogP contribution in [0.1, 0.15) is 6.92 Å². The summed E-state index contributed by atoms with van der Waals surface area (Å²) in [7, 11) is 0. The van der Waals surface area contributed by atoms with Crippen LogP contribution in [-0.2, 0) is 0 Å². The second kappa shape index (κ2) is 5.94. The number of halogens is 4. The number of nitrogens with zero attached hydrogens (tertiary/aromatic N) is 1. The third-order valence-corrected chi connectivity index (χ3v) is 2.38. The number of nitrogens with two attached hydrogens (primary N) is 1. The van der Waals surface area contributed by atoms with Gasteiger partial charge < -0.3 is 15.8 Å². The Morgan fingerprint density at radius 3 is 2.67 bits per heavy atom. The topological polar surface area (TPSA) is 59.6 Å². The molecule has 1 aromatic rings. The predicted octanol–water partition coefficient (Wildman–Crippen LogP) is 3.09. The van der Waals surface area contributed by atoms with Crippen molar-refractivity contribution in [2.24, 2.45) is 10.7 Å². The summed E-state index contributed by atoms with van der Waals surface area (Å²) in [5.41, 5.74) is 6.02. The first-order valence-electron chi connectivity index (χ1n) is 4.94. The summed E-state index contributed by atoms with van der Waals surface area (Å²) in [5, 5.41) is 2.73. The molecule has 0 fully saturated rings. The van der Waals surface area contributed by atoms with Gasteiger partial charge in [0.2, 0.25) is 0 Å². The number of alkyl halides is 3. The molecule has 0 saturated heterocycles. The number of hydrogen-bond acceptors (Lipinski definition) is 2. The first-order valence-corrected chi connectivity index (χ1v) is 5.73. The van der Waals surface area contributed by atoms with E-state index in [0.29, 0.717) is 12.2 Å². The van der Waals surface area contributed by atoms with Crippen LogP contribution in [-0.4, -0.2) is 18.9 Å². The van der Waals surface area contributed by atoms with E-state index >= 15 is 0 Å². The fourth-order valence-corrected chi connectivity index (χ4v) is 1.60. The van der Waals surface area contributed by atoms with Crippen molar-refractivity contribution >= 4 is 27.6 Å². The van der Waals surface area contributed by atoms with Gasteiger partial charge >= 0.3 is 6.36 Å². The molecule has 0 aliphatic heterocycles. The van der Waals surface area contributed by atoms with E-state index in [0.717, 1.165) is 0 Å². The SMILES string of the molecule is CCN=C(N)Nc1ccc(OC(F)(F)F)c(Br)c1. The molecule has 0 radical (unpaired) electrons. The smallest absolute Gasteiger partial charge is 0.405 e. The van der Waals surface area contributed by atoms with E-state index in [1.165, 1.54) is 18.2 Å². The van der Waals surface area contributed by atoms with Crippen LogP contribution in [0, 0.1) is 0 Å². The van der Waals surface area contributed by atoms with Crippen molar-refractivity contribution in [1.82, 2.24) is 0 Å². The summed E-state index contributed by atoms with van der Waals surface area (Å²) in [6.07, 6.45) is -4.72. The fourth-order valence-electron chi connectivity index (χ4n) is 1.14. The molecule has 0 atom stereocenters. The lowest BCUT2D eigenvalue weighted by Gasteiger charge is -2.12. The molecule has 1 rings (SSSR count). The number of guanidine groups is 1. The van der Waals surface area contributed by atoms with Crippen molar-refractivity contribution in [2.75, 3.05) is 11.9 Å². The van der Waals surface area contributed by atoms with Crippen molar-refractivity contribution in [3.63, 3.8) is 0 Å². The van der Waals surface area contributed by atoms with Crippen molar-refractivity contribution in [1.29, 1.82) is 0 Å². The lowest BCUT2D eigenvalue weighted by atomic mass is 10.3. The minimum absolute atomic E-state index is 0.161. The number of nitrogens with one attached hydrogen (secondary N) is 1.